The Morgan fingerprint density at radius 2 is 1.96 bits per heavy atom. The number of nitrogens with one attached hydrogen (secondary N) is 1. The van der Waals surface area contributed by atoms with Crippen LogP contribution in [0.5, 0.6) is 0 Å². The maximum absolute atomic E-state index is 12.2. The topological polar surface area (TPSA) is 84.8 Å². The van der Waals surface area contributed by atoms with Gasteiger partial charge in [0.1, 0.15) is 5.92 Å². The molecule has 0 radical (unpaired) electrons. The molecule has 1 aliphatic heterocycles. The number of hydrogen-bond donors (Lipinski definition) is 1. The minimum absolute atomic E-state index is 0.253. The largest absolute Gasteiger partial charge is 0.343 e. The van der Waals surface area contributed by atoms with Gasteiger partial charge in [-0.1, -0.05) is 22.9 Å². The second-order valence-electron chi connectivity index (χ2n) is 6.11. The number of nitrogens with zero attached hydrogens (tertiary/aromatic N) is 1. The Morgan fingerprint density at radius 3 is 2.61 bits per heavy atom. The molecule has 1 aromatic rings. The Morgan fingerprint density at radius 1 is 1.26 bits per heavy atom. The van der Waals surface area contributed by atoms with Crippen molar-refractivity contribution in [2.75, 3.05) is 6.54 Å². The first kappa shape index (κ1) is 16.1. The number of carbonyl (C=O) groups excluding carboxylic acids is 1. The summed E-state index contributed by atoms with van der Waals surface area (Å²) in [6, 6.07) is 6.71. The summed E-state index contributed by atoms with van der Waals surface area (Å²) in [5, 5.41) is 3.87. The Hall–Kier alpha value is -1.73. The molecular formula is C16H20N2O4S. The van der Waals surface area contributed by atoms with Crippen LogP contribution < -0.4 is 4.72 Å². The number of benzene rings is 1. The van der Waals surface area contributed by atoms with Crippen LogP contribution in [-0.2, 0) is 19.7 Å². The molecule has 1 atom stereocenters. The van der Waals surface area contributed by atoms with E-state index in [0.29, 0.717) is 18.8 Å². The molecular weight excluding hydrogens is 316 g/mol. The molecule has 7 heteroatoms. The van der Waals surface area contributed by atoms with Crippen molar-refractivity contribution in [3.8, 4) is 0 Å². The summed E-state index contributed by atoms with van der Waals surface area (Å²) < 4.78 is 26.9. The Labute approximate surface area is 136 Å². The molecule has 1 heterocycles. The van der Waals surface area contributed by atoms with Crippen molar-refractivity contribution in [3.63, 3.8) is 0 Å². The first-order valence-electron chi connectivity index (χ1n) is 7.82. The summed E-state index contributed by atoms with van der Waals surface area (Å²) in [6.07, 6.45) is 3.25. The van der Waals surface area contributed by atoms with Crippen LogP contribution in [0.1, 0.15) is 31.2 Å². The Kier molecular flexibility index (Phi) is 4.50. The summed E-state index contributed by atoms with van der Waals surface area (Å²) in [7, 11) is -3.50. The molecule has 0 amide bonds. The Balaban J connectivity index is 1.50. The average molecular weight is 336 g/mol. The number of rotatable bonds is 7. The highest BCUT2D eigenvalue weighted by atomic mass is 32.2. The van der Waals surface area contributed by atoms with Gasteiger partial charge >= 0.3 is 5.97 Å². The molecule has 0 saturated heterocycles. The van der Waals surface area contributed by atoms with Crippen LogP contribution in [-0.4, -0.2) is 26.6 Å². The van der Waals surface area contributed by atoms with Crippen LogP contribution >= 0.6 is 0 Å². The molecule has 0 bridgehead atoms. The van der Waals surface area contributed by atoms with Crippen molar-refractivity contribution in [2.24, 2.45) is 17.0 Å². The number of carbonyl (C=O) groups is 1. The lowest BCUT2D eigenvalue weighted by Gasteiger charge is -2.10. The highest BCUT2D eigenvalue weighted by molar-refractivity contribution is 7.89. The van der Waals surface area contributed by atoms with Gasteiger partial charge in [-0.25, -0.2) is 17.9 Å². The van der Waals surface area contributed by atoms with E-state index in [9.17, 15) is 13.2 Å². The number of sulfonamides is 1. The Bertz CT molecular complexity index is 721. The molecule has 0 spiro atoms. The quantitative estimate of drug-likeness (QED) is 0.609. The van der Waals surface area contributed by atoms with Crippen LogP contribution in [0.2, 0.25) is 0 Å². The van der Waals surface area contributed by atoms with E-state index in [1.165, 1.54) is 0 Å². The zero-order valence-electron chi connectivity index (χ0n) is 13.0. The summed E-state index contributed by atoms with van der Waals surface area (Å²) in [5.74, 6) is -0.227. The number of oxime groups is 1. The van der Waals surface area contributed by atoms with E-state index >= 15 is 0 Å². The molecule has 124 valence electrons. The molecule has 6 nitrogen and oxygen atoms in total. The van der Waals surface area contributed by atoms with Gasteiger partial charge in [0.15, 0.2) is 0 Å². The summed E-state index contributed by atoms with van der Waals surface area (Å²) in [5.41, 5.74) is 1.85. The zero-order chi connectivity index (χ0) is 16.4. The minimum atomic E-state index is -3.50. The smallest absolute Gasteiger partial charge is 0.318 e. The molecule has 23 heavy (non-hydrogen) atoms. The zero-order valence-corrected chi connectivity index (χ0v) is 13.8. The second kappa shape index (κ2) is 6.41. The highest BCUT2D eigenvalue weighted by Crippen LogP contribution is 2.37. The van der Waals surface area contributed by atoms with E-state index in [1.807, 2.05) is 6.92 Å². The molecule has 1 fully saturated rings. The van der Waals surface area contributed by atoms with Crippen LogP contribution in [0.25, 0.3) is 0 Å². The predicted molar refractivity (Wildman–Crippen MR) is 85.3 cm³/mol. The average Bonchev–Trinajstić information content (AvgIpc) is 3.29. The SMILES string of the molecule is Cc1ccc(S(=O)(=O)NCCCC2C(=O)ON=C2C2CC2)cc1. The minimum Gasteiger partial charge on any atom is -0.318 e. The highest BCUT2D eigenvalue weighted by Gasteiger charge is 2.41. The molecule has 0 aromatic heterocycles. The number of hydrogen-bond acceptors (Lipinski definition) is 5. The molecule has 1 saturated carbocycles. The maximum atomic E-state index is 12.2. The fraction of sp³-hybridized carbons (Fsp3) is 0.500. The lowest BCUT2D eigenvalue weighted by Crippen LogP contribution is -2.26. The van der Waals surface area contributed by atoms with Crippen LogP contribution in [0.15, 0.2) is 34.3 Å². The van der Waals surface area contributed by atoms with Gasteiger partial charge in [0.25, 0.3) is 0 Å². The fourth-order valence-corrected chi connectivity index (χ4v) is 3.74. The van der Waals surface area contributed by atoms with Gasteiger partial charge in [-0.2, -0.15) is 0 Å². The van der Waals surface area contributed by atoms with E-state index in [0.717, 1.165) is 24.1 Å². The maximum Gasteiger partial charge on any atom is 0.343 e. The number of aryl methyl sites for hydroxylation is 1. The fourth-order valence-electron chi connectivity index (χ4n) is 2.66. The van der Waals surface area contributed by atoms with Gasteiger partial charge in [0.05, 0.1) is 10.6 Å². The predicted octanol–water partition coefficient (Wildman–Crippen LogP) is 1.99. The summed E-state index contributed by atoms with van der Waals surface area (Å²) >= 11 is 0. The third-order valence-electron chi connectivity index (χ3n) is 4.17. The molecule has 2 aliphatic rings. The molecule has 1 unspecified atom stereocenters. The van der Waals surface area contributed by atoms with E-state index < -0.39 is 10.0 Å². The monoisotopic (exact) mass is 336 g/mol. The third kappa shape index (κ3) is 3.79. The van der Waals surface area contributed by atoms with Gasteiger partial charge in [-0.15, -0.1) is 0 Å². The second-order valence-corrected chi connectivity index (χ2v) is 7.87. The van der Waals surface area contributed by atoms with Crippen LogP contribution in [0.4, 0.5) is 0 Å². The summed E-state index contributed by atoms with van der Waals surface area (Å²) in [6.45, 7) is 2.20. The van der Waals surface area contributed by atoms with Crippen molar-refractivity contribution >= 4 is 21.7 Å². The molecule has 1 N–H and O–H groups in total. The standard InChI is InChI=1S/C16H20N2O4S/c1-11-4-8-13(9-5-11)23(20,21)17-10-2-3-14-15(12-6-7-12)18-22-16(14)19/h4-5,8-9,12,14,17H,2-3,6-7,10H2,1H3. The van der Waals surface area contributed by atoms with E-state index in [4.69, 9.17) is 4.84 Å². The third-order valence-corrected chi connectivity index (χ3v) is 5.65. The lowest BCUT2D eigenvalue weighted by atomic mass is 9.95. The van der Waals surface area contributed by atoms with Crippen molar-refractivity contribution in [1.29, 1.82) is 0 Å². The van der Waals surface area contributed by atoms with Crippen molar-refractivity contribution in [2.45, 2.75) is 37.5 Å². The van der Waals surface area contributed by atoms with Gasteiger partial charge in [0, 0.05) is 12.5 Å². The lowest BCUT2D eigenvalue weighted by molar-refractivity contribution is -0.143. The van der Waals surface area contributed by atoms with Gasteiger partial charge in [0.2, 0.25) is 10.0 Å². The van der Waals surface area contributed by atoms with E-state index in [1.54, 1.807) is 24.3 Å². The molecule has 1 aliphatic carbocycles. The van der Waals surface area contributed by atoms with Gasteiger partial charge in [-0.05, 0) is 44.7 Å². The molecule has 3 rings (SSSR count). The molecule has 1 aromatic carbocycles. The van der Waals surface area contributed by atoms with Gasteiger partial charge in [-0.3, -0.25) is 0 Å². The van der Waals surface area contributed by atoms with Crippen LogP contribution in [0, 0.1) is 18.8 Å². The normalized spacial score (nSPS) is 21.2. The first-order chi connectivity index (χ1) is 11.0. The summed E-state index contributed by atoms with van der Waals surface area (Å²) in [4.78, 5) is 16.7. The first-order valence-corrected chi connectivity index (χ1v) is 9.30. The van der Waals surface area contributed by atoms with E-state index in [-0.39, 0.29) is 23.3 Å². The van der Waals surface area contributed by atoms with Crippen molar-refractivity contribution < 1.29 is 18.0 Å². The van der Waals surface area contributed by atoms with Crippen molar-refractivity contribution in [3.05, 3.63) is 29.8 Å². The van der Waals surface area contributed by atoms with E-state index in [2.05, 4.69) is 9.88 Å². The van der Waals surface area contributed by atoms with Crippen LogP contribution in [0.3, 0.4) is 0 Å². The van der Waals surface area contributed by atoms with Gasteiger partial charge < -0.3 is 4.84 Å². The van der Waals surface area contributed by atoms with Crippen molar-refractivity contribution in [1.82, 2.24) is 4.72 Å².